The number of aryl methyl sites for hydroxylation is 1. The van der Waals surface area contributed by atoms with Crippen molar-refractivity contribution in [3.63, 3.8) is 0 Å². The average molecular weight is 597 g/mol. The Morgan fingerprint density at radius 1 is 1.12 bits per heavy atom. The van der Waals surface area contributed by atoms with Crippen molar-refractivity contribution in [3.05, 3.63) is 65.2 Å². The minimum Gasteiger partial charge on any atom is -0.469 e. The summed E-state index contributed by atoms with van der Waals surface area (Å²) in [6, 6.07) is 12.5. The molecule has 226 valence electrons. The number of methoxy groups -OCH3 is 1. The van der Waals surface area contributed by atoms with E-state index in [1.54, 1.807) is 0 Å². The summed E-state index contributed by atoms with van der Waals surface area (Å²) in [5.41, 5.74) is -0.356. The van der Waals surface area contributed by atoms with Gasteiger partial charge in [-0.05, 0) is 63.3 Å². The number of alkyl halides is 3. The number of unbranched alkanes of at least 4 members (excludes halogenated alkanes) is 1. The number of β-amino-alcohol motifs (C(OH)–C–C–N with tert-alkyl or cyclic N) is 1. The van der Waals surface area contributed by atoms with Crippen LogP contribution in [0.4, 0.5) is 13.2 Å². The zero-order chi connectivity index (χ0) is 30.7. The van der Waals surface area contributed by atoms with Crippen LogP contribution < -0.4 is 5.32 Å². The van der Waals surface area contributed by atoms with Crippen LogP contribution in [0.5, 0.6) is 0 Å². The molecular formula is C30H39F3N2O5S. The Balaban J connectivity index is 2.04. The van der Waals surface area contributed by atoms with Crippen LogP contribution in [0.15, 0.2) is 53.4 Å². The van der Waals surface area contributed by atoms with Crippen molar-refractivity contribution in [2.75, 3.05) is 27.2 Å². The van der Waals surface area contributed by atoms with E-state index >= 15 is 0 Å². The number of nitrogens with zero attached hydrogens (tertiary/aromatic N) is 1. The number of halogens is 3. The number of nitrogens with one attached hydrogen (secondary N) is 1. The van der Waals surface area contributed by atoms with E-state index < -0.39 is 38.7 Å². The van der Waals surface area contributed by atoms with Gasteiger partial charge < -0.3 is 15.2 Å². The molecule has 2 N–H and O–H groups in total. The molecule has 2 aromatic rings. The summed E-state index contributed by atoms with van der Waals surface area (Å²) in [5, 5.41) is 13.8. The highest BCUT2D eigenvalue weighted by Gasteiger charge is 2.33. The first-order valence-corrected chi connectivity index (χ1v) is 14.8. The number of hydrogen-bond donors (Lipinski definition) is 2. The zero-order valence-electron chi connectivity index (χ0n) is 23.9. The van der Waals surface area contributed by atoms with Crippen molar-refractivity contribution < 1.29 is 36.2 Å². The van der Waals surface area contributed by atoms with Crippen LogP contribution in [0.1, 0.15) is 62.6 Å². The number of aliphatic hydroxyl groups excluding tert-OH is 1. The summed E-state index contributed by atoms with van der Waals surface area (Å²) < 4.78 is 72.4. The quantitative estimate of drug-likeness (QED) is 0.185. The van der Waals surface area contributed by atoms with Crippen molar-refractivity contribution in [1.82, 2.24) is 9.62 Å². The largest absolute Gasteiger partial charge is 0.469 e. The molecule has 0 amide bonds. The summed E-state index contributed by atoms with van der Waals surface area (Å²) >= 11 is 0. The third-order valence-electron chi connectivity index (χ3n) is 6.48. The van der Waals surface area contributed by atoms with Crippen LogP contribution in [0.2, 0.25) is 0 Å². The molecule has 0 bridgehead atoms. The molecule has 0 aromatic heterocycles. The molecule has 0 aliphatic heterocycles. The van der Waals surface area contributed by atoms with Crippen molar-refractivity contribution >= 4 is 16.0 Å². The first kappa shape index (κ1) is 34.3. The molecule has 0 spiro atoms. The first-order valence-electron chi connectivity index (χ1n) is 13.4. The smallest absolute Gasteiger partial charge is 0.416 e. The lowest BCUT2D eigenvalue weighted by Crippen LogP contribution is -2.46. The SMILES string of the molecule is COC(=O)CCCC#Cc1cc(C(F)(F)F)cc(S(=O)(=O)N(C)CC(O)CNC(C)(C)CCCc2ccccc2)c1. The highest BCUT2D eigenvalue weighted by Crippen LogP contribution is 2.32. The van der Waals surface area contributed by atoms with Gasteiger partial charge in [-0.1, -0.05) is 42.2 Å². The van der Waals surface area contributed by atoms with Crippen LogP contribution in [-0.2, 0) is 32.2 Å². The predicted molar refractivity (Wildman–Crippen MR) is 151 cm³/mol. The highest BCUT2D eigenvalue weighted by atomic mass is 32.2. The van der Waals surface area contributed by atoms with Crippen molar-refractivity contribution in [3.8, 4) is 11.8 Å². The van der Waals surface area contributed by atoms with Gasteiger partial charge in [-0.2, -0.15) is 17.5 Å². The van der Waals surface area contributed by atoms with E-state index in [0.717, 1.165) is 35.7 Å². The Kier molecular flexibility index (Phi) is 12.8. The van der Waals surface area contributed by atoms with Gasteiger partial charge in [-0.15, -0.1) is 0 Å². The molecule has 0 aliphatic rings. The molecule has 1 unspecified atom stereocenters. The number of esters is 1. The molecule has 0 heterocycles. The second-order valence-corrected chi connectivity index (χ2v) is 12.6. The van der Waals surface area contributed by atoms with Crippen LogP contribution in [-0.4, -0.2) is 62.7 Å². The molecular weight excluding hydrogens is 557 g/mol. The maximum Gasteiger partial charge on any atom is 0.416 e. The Morgan fingerprint density at radius 2 is 1.80 bits per heavy atom. The third-order valence-corrected chi connectivity index (χ3v) is 8.28. The second-order valence-electron chi connectivity index (χ2n) is 10.5. The molecule has 11 heteroatoms. The van der Waals surface area contributed by atoms with Gasteiger partial charge >= 0.3 is 12.1 Å². The molecule has 2 aromatic carbocycles. The fourth-order valence-corrected chi connectivity index (χ4v) is 5.35. The number of rotatable bonds is 14. The zero-order valence-corrected chi connectivity index (χ0v) is 24.7. The monoisotopic (exact) mass is 596 g/mol. The molecule has 41 heavy (non-hydrogen) atoms. The lowest BCUT2D eigenvalue weighted by Gasteiger charge is -2.29. The number of sulfonamides is 1. The minimum absolute atomic E-state index is 0.100. The second kappa shape index (κ2) is 15.4. The van der Waals surface area contributed by atoms with E-state index in [2.05, 4.69) is 34.0 Å². The van der Waals surface area contributed by atoms with Crippen LogP contribution in [0, 0.1) is 11.8 Å². The Morgan fingerprint density at radius 3 is 2.44 bits per heavy atom. The first-order chi connectivity index (χ1) is 19.1. The van der Waals surface area contributed by atoms with Crippen molar-refractivity contribution in [2.45, 2.75) is 75.1 Å². The van der Waals surface area contributed by atoms with E-state index in [9.17, 15) is 31.5 Å². The molecule has 2 rings (SSSR count). The molecule has 0 radical (unpaired) electrons. The van der Waals surface area contributed by atoms with E-state index in [-0.39, 0.29) is 37.0 Å². The van der Waals surface area contributed by atoms with Crippen LogP contribution in [0.3, 0.4) is 0 Å². The van der Waals surface area contributed by atoms with Crippen molar-refractivity contribution in [2.24, 2.45) is 0 Å². The molecule has 7 nitrogen and oxygen atoms in total. The van der Waals surface area contributed by atoms with E-state index in [1.807, 2.05) is 32.0 Å². The number of ether oxygens (including phenoxy) is 1. The summed E-state index contributed by atoms with van der Waals surface area (Å²) in [6.45, 7) is 3.76. The maximum absolute atomic E-state index is 13.6. The van der Waals surface area contributed by atoms with Gasteiger partial charge in [0, 0.05) is 44.1 Å². The summed E-state index contributed by atoms with van der Waals surface area (Å²) in [5.74, 6) is 4.81. The lowest BCUT2D eigenvalue weighted by atomic mass is 9.95. The fourth-order valence-electron chi connectivity index (χ4n) is 4.07. The molecule has 0 saturated heterocycles. The summed E-state index contributed by atoms with van der Waals surface area (Å²) in [4.78, 5) is 10.6. The highest BCUT2D eigenvalue weighted by molar-refractivity contribution is 7.89. The standard InChI is InChI=1S/C30H39F3N2O5S/c1-29(2,17-11-15-23-12-7-5-8-13-23)34-21-26(36)22-35(3)41(38,39)27-19-24(18-25(20-27)30(31,32)33)14-9-6-10-16-28(37)40-4/h5,7-8,12-13,18-20,26,34,36H,6,10-11,15-17,21-22H2,1-4H3. The predicted octanol–water partition coefficient (Wildman–Crippen LogP) is 4.77. The van der Waals surface area contributed by atoms with Gasteiger partial charge in [0.1, 0.15) is 0 Å². The number of hydrogen-bond acceptors (Lipinski definition) is 6. The van der Waals surface area contributed by atoms with Gasteiger partial charge in [-0.3, -0.25) is 4.79 Å². The van der Waals surface area contributed by atoms with Crippen LogP contribution in [0.25, 0.3) is 0 Å². The number of likely N-dealkylation sites (N-methyl/N-ethyl adjacent to an activating group) is 1. The average Bonchev–Trinajstić information content (AvgIpc) is 2.91. The molecule has 0 fully saturated rings. The minimum atomic E-state index is -4.79. The van der Waals surface area contributed by atoms with Crippen molar-refractivity contribution in [1.29, 1.82) is 0 Å². The number of aliphatic hydroxyl groups is 1. The fraction of sp³-hybridized carbons (Fsp3) is 0.500. The number of carbonyl (C=O) groups excluding carboxylic acids is 1. The summed E-state index contributed by atoms with van der Waals surface area (Å²) in [6.07, 6.45) is -2.56. The maximum atomic E-state index is 13.6. The Hall–Kier alpha value is -2.91. The molecule has 0 aliphatic carbocycles. The van der Waals surface area contributed by atoms with Gasteiger partial charge in [0.05, 0.1) is 23.7 Å². The van der Waals surface area contributed by atoms with Gasteiger partial charge in [0.15, 0.2) is 0 Å². The van der Waals surface area contributed by atoms with Gasteiger partial charge in [0.2, 0.25) is 10.0 Å². The third kappa shape index (κ3) is 11.8. The number of carbonyl (C=O) groups is 1. The Bertz CT molecular complexity index is 1300. The van der Waals surface area contributed by atoms with E-state index in [0.29, 0.717) is 12.5 Å². The van der Waals surface area contributed by atoms with E-state index in [4.69, 9.17) is 0 Å². The van der Waals surface area contributed by atoms with Gasteiger partial charge in [-0.25, -0.2) is 8.42 Å². The van der Waals surface area contributed by atoms with Crippen LogP contribution >= 0.6 is 0 Å². The topological polar surface area (TPSA) is 95.9 Å². The summed E-state index contributed by atoms with van der Waals surface area (Å²) in [7, 11) is -1.91. The van der Waals surface area contributed by atoms with E-state index in [1.165, 1.54) is 19.7 Å². The number of benzene rings is 2. The molecule has 0 saturated carbocycles. The Labute approximate surface area is 241 Å². The normalized spacial score (nSPS) is 13.0. The molecule has 1 atom stereocenters. The lowest BCUT2D eigenvalue weighted by molar-refractivity contribution is -0.140. The van der Waals surface area contributed by atoms with Gasteiger partial charge in [0.25, 0.3) is 0 Å².